The number of methoxy groups -OCH3 is 1. The summed E-state index contributed by atoms with van der Waals surface area (Å²) in [5, 5.41) is 6.66. The molecular formula is C17H25FIN3O. The Hall–Kier alpha value is -1.15. The van der Waals surface area contributed by atoms with Crippen molar-refractivity contribution in [2.75, 3.05) is 20.2 Å². The smallest absolute Gasteiger partial charge is 0.191 e. The van der Waals surface area contributed by atoms with Crippen LogP contribution in [0.2, 0.25) is 0 Å². The zero-order valence-electron chi connectivity index (χ0n) is 13.6. The molecule has 0 fully saturated rings. The van der Waals surface area contributed by atoms with Gasteiger partial charge in [-0.15, -0.1) is 24.0 Å². The SMILES string of the molecule is CCNC(=NCC(OC)c1ccc(F)cc1)NC1CC=CC1.I. The fraction of sp³-hybridized carbons (Fsp3) is 0.471. The first-order valence-electron chi connectivity index (χ1n) is 7.71. The van der Waals surface area contributed by atoms with Crippen LogP contribution < -0.4 is 10.6 Å². The van der Waals surface area contributed by atoms with Crippen molar-refractivity contribution in [2.24, 2.45) is 4.99 Å². The van der Waals surface area contributed by atoms with Gasteiger partial charge in [0.25, 0.3) is 0 Å². The van der Waals surface area contributed by atoms with Crippen LogP contribution in [0.25, 0.3) is 0 Å². The molecule has 2 N–H and O–H groups in total. The van der Waals surface area contributed by atoms with Crippen LogP contribution in [0.4, 0.5) is 4.39 Å². The number of benzene rings is 1. The number of aliphatic imine (C=N–C) groups is 1. The van der Waals surface area contributed by atoms with Crippen molar-refractivity contribution >= 4 is 29.9 Å². The van der Waals surface area contributed by atoms with Crippen molar-refractivity contribution in [1.82, 2.24) is 10.6 Å². The third-order valence-electron chi connectivity index (χ3n) is 3.63. The summed E-state index contributed by atoms with van der Waals surface area (Å²) in [5.41, 5.74) is 0.922. The fourth-order valence-electron chi connectivity index (χ4n) is 2.42. The van der Waals surface area contributed by atoms with E-state index in [2.05, 4.69) is 27.8 Å². The van der Waals surface area contributed by atoms with Gasteiger partial charge in [0.05, 0.1) is 6.54 Å². The fourth-order valence-corrected chi connectivity index (χ4v) is 2.42. The predicted octanol–water partition coefficient (Wildman–Crippen LogP) is 3.40. The van der Waals surface area contributed by atoms with Crippen LogP contribution in [0.15, 0.2) is 41.4 Å². The predicted molar refractivity (Wildman–Crippen MR) is 103 cm³/mol. The van der Waals surface area contributed by atoms with Gasteiger partial charge in [-0.1, -0.05) is 24.3 Å². The van der Waals surface area contributed by atoms with Crippen LogP contribution in [0.5, 0.6) is 0 Å². The molecule has 1 unspecified atom stereocenters. The van der Waals surface area contributed by atoms with E-state index in [4.69, 9.17) is 4.74 Å². The number of nitrogens with zero attached hydrogens (tertiary/aromatic N) is 1. The third kappa shape index (κ3) is 6.47. The van der Waals surface area contributed by atoms with E-state index in [9.17, 15) is 4.39 Å². The molecule has 6 heteroatoms. The highest BCUT2D eigenvalue weighted by atomic mass is 127. The van der Waals surface area contributed by atoms with Crippen LogP contribution in [0.1, 0.15) is 31.4 Å². The minimum Gasteiger partial charge on any atom is -0.375 e. The maximum atomic E-state index is 13.0. The summed E-state index contributed by atoms with van der Waals surface area (Å²) < 4.78 is 18.5. The summed E-state index contributed by atoms with van der Waals surface area (Å²) in [6.07, 6.45) is 6.22. The second-order valence-electron chi connectivity index (χ2n) is 5.28. The number of hydrogen-bond donors (Lipinski definition) is 2. The lowest BCUT2D eigenvalue weighted by molar-refractivity contribution is 0.111. The maximum Gasteiger partial charge on any atom is 0.191 e. The first kappa shape index (κ1) is 19.9. The van der Waals surface area contributed by atoms with Gasteiger partial charge in [-0.2, -0.15) is 0 Å². The molecule has 0 amide bonds. The van der Waals surface area contributed by atoms with Crippen molar-refractivity contribution in [2.45, 2.75) is 31.9 Å². The number of ether oxygens (including phenoxy) is 1. The largest absolute Gasteiger partial charge is 0.375 e. The molecule has 1 aliphatic carbocycles. The average Bonchev–Trinajstić information content (AvgIpc) is 3.02. The normalized spacial score (nSPS) is 16.0. The van der Waals surface area contributed by atoms with Gasteiger partial charge in [-0.05, 0) is 37.5 Å². The van der Waals surface area contributed by atoms with Crippen molar-refractivity contribution in [1.29, 1.82) is 0 Å². The molecule has 0 aromatic heterocycles. The Morgan fingerprint density at radius 3 is 2.52 bits per heavy atom. The Morgan fingerprint density at radius 1 is 1.30 bits per heavy atom. The molecule has 0 saturated heterocycles. The number of guanidine groups is 1. The van der Waals surface area contributed by atoms with E-state index in [1.54, 1.807) is 19.2 Å². The van der Waals surface area contributed by atoms with E-state index >= 15 is 0 Å². The van der Waals surface area contributed by atoms with E-state index in [1.165, 1.54) is 12.1 Å². The average molecular weight is 433 g/mol. The zero-order chi connectivity index (χ0) is 15.8. The highest BCUT2D eigenvalue weighted by Crippen LogP contribution is 2.17. The van der Waals surface area contributed by atoms with E-state index in [0.717, 1.165) is 30.9 Å². The molecule has 1 aromatic carbocycles. The molecular weight excluding hydrogens is 408 g/mol. The molecule has 2 rings (SSSR count). The van der Waals surface area contributed by atoms with Gasteiger partial charge in [0.1, 0.15) is 11.9 Å². The van der Waals surface area contributed by atoms with E-state index in [1.807, 2.05) is 6.92 Å². The topological polar surface area (TPSA) is 45.7 Å². The Kier molecular flexibility index (Phi) is 9.16. The van der Waals surface area contributed by atoms with Crippen molar-refractivity contribution < 1.29 is 9.13 Å². The van der Waals surface area contributed by atoms with Gasteiger partial charge in [0.15, 0.2) is 5.96 Å². The number of halogens is 2. The third-order valence-corrected chi connectivity index (χ3v) is 3.63. The van der Waals surface area contributed by atoms with Crippen LogP contribution in [0, 0.1) is 5.82 Å². The first-order chi connectivity index (χ1) is 10.7. The molecule has 1 atom stereocenters. The monoisotopic (exact) mass is 433 g/mol. The number of rotatable bonds is 6. The molecule has 1 aromatic rings. The minimum atomic E-state index is -0.245. The molecule has 4 nitrogen and oxygen atoms in total. The lowest BCUT2D eigenvalue weighted by atomic mass is 10.1. The summed E-state index contributed by atoms with van der Waals surface area (Å²) in [6.45, 7) is 3.33. The Labute approximate surface area is 154 Å². The lowest BCUT2D eigenvalue weighted by Crippen LogP contribution is -2.42. The quantitative estimate of drug-likeness (QED) is 0.313. The number of nitrogens with one attached hydrogen (secondary N) is 2. The van der Waals surface area contributed by atoms with Gasteiger partial charge in [-0.3, -0.25) is 4.99 Å². The van der Waals surface area contributed by atoms with Crippen molar-refractivity contribution in [3.63, 3.8) is 0 Å². The molecule has 0 heterocycles. The summed E-state index contributed by atoms with van der Waals surface area (Å²) in [5.74, 6) is 0.547. The molecule has 0 bridgehead atoms. The van der Waals surface area contributed by atoms with Gasteiger partial charge in [0.2, 0.25) is 0 Å². The first-order valence-corrected chi connectivity index (χ1v) is 7.71. The Balaban J connectivity index is 0.00000264. The lowest BCUT2D eigenvalue weighted by Gasteiger charge is -2.18. The molecule has 1 aliphatic rings. The Bertz CT molecular complexity index is 511. The second kappa shape index (κ2) is 10.6. The molecule has 0 saturated carbocycles. The molecule has 0 radical (unpaired) electrons. The number of hydrogen-bond acceptors (Lipinski definition) is 2. The van der Waals surface area contributed by atoms with Crippen LogP contribution >= 0.6 is 24.0 Å². The summed E-state index contributed by atoms with van der Waals surface area (Å²) in [4.78, 5) is 4.59. The van der Waals surface area contributed by atoms with E-state index in [-0.39, 0.29) is 35.9 Å². The summed E-state index contributed by atoms with van der Waals surface area (Å²) in [6, 6.07) is 6.77. The summed E-state index contributed by atoms with van der Waals surface area (Å²) >= 11 is 0. The van der Waals surface area contributed by atoms with Gasteiger partial charge in [0, 0.05) is 19.7 Å². The highest BCUT2D eigenvalue weighted by molar-refractivity contribution is 14.0. The van der Waals surface area contributed by atoms with Crippen molar-refractivity contribution in [3.05, 3.63) is 47.8 Å². The van der Waals surface area contributed by atoms with E-state index in [0.29, 0.717) is 12.6 Å². The van der Waals surface area contributed by atoms with E-state index < -0.39 is 0 Å². The van der Waals surface area contributed by atoms with Gasteiger partial charge >= 0.3 is 0 Å². The Morgan fingerprint density at radius 2 is 1.96 bits per heavy atom. The molecule has 0 aliphatic heterocycles. The van der Waals surface area contributed by atoms with Gasteiger partial charge < -0.3 is 15.4 Å². The molecule has 0 spiro atoms. The van der Waals surface area contributed by atoms with Crippen LogP contribution in [0.3, 0.4) is 0 Å². The standard InChI is InChI=1S/C17H24FN3O.HI/c1-3-19-17(21-15-6-4-5-7-15)20-12-16(22-2)13-8-10-14(18)11-9-13;/h4-5,8-11,15-16H,3,6-7,12H2,1-2H3,(H2,19,20,21);1H. The highest BCUT2D eigenvalue weighted by Gasteiger charge is 2.13. The second-order valence-corrected chi connectivity index (χ2v) is 5.28. The van der Waals surface area contributed by atoms with Crippen LogP contribution in [-0.2, 0) is 4.74 Å². The zero-order valence-corrected chi connectivity index (χ0v) is 15.9. The van der Waals surface area contributed by atoms with Crippen LogP contribution in [-0.4, -0.2) is 32.2 Å². The van der Waals surface area contributed by atoms with Crippen molar-refractivity contribution in [3.8, 4) is 0 Å². The summed E-state index contributed by atoms with van der Waals surface area (Å²) in [7, 11) is 1.64. The minimum absolute atomic E-state index is 0. The maximum absolute atomic E-state index is 13.0. The van der Waals surface area contributed by atoms with Gasteiger partial charge in [-0.25, -0.2) is 4.39 Å². The molecule has 128 valence electrons. The molecule has 23 heavy (non-hydrogen) atoms.